The Morgan fingerprint density at radius 2 is 1.80 bits per heavy atom. The lowest BCUT2D eigenvalue weighted by Gasteiger charge is -2.27. The SMILES string of the molecule is CCNC(=NCC1(CCOC)CCCC1)NCCCOCc1ccc(OC)cc1.I. The van der Waals surface area contributed by atoms with Crippen LogP contribution >= 0.6 is 24.0 Å². The van der Waals surface area contributed by atoms with E-state index in [4.69, 9.17) is 19.2 Å². The van der Waals surface area contributed by atoms with Crippen LogP contribution in [0.5, 0.6) is 5.75 Å². The third-order valence-electron chi connectivity index (χ3n) is 5.60. The van der Waals surface area contributed by atoms with Crippen LogP contribution in [-0.4, -0.2) is 53.0 Å². The quantitative estimate of drug-likeness (QED) is 0.171. The van der Waals surface area contributed by atoms with Gasteiger partial charge in [-0.15, -0.1) is 24.0 Å². The van der Waals surface area contributed by atoms with Gasteiger partial charge in [-0.2, -0.15) is 0 Å². The zero-order valence-electron chi connectivity index (χ0n) is 18.9. The Bertz CT molecular complexity index is 590. The number of hydrogen-bond donors (Lipinski definition) is 2. The first-order valence-corrected chi connectivity index (χ1v) is 10.9. The number of rotatable bonds is 13. The van der Waals surface area contributed by atoms with Crippen LogP contribution in [0.1, 0.15) is 51.0 Å². The second-order valence-electron chi connectivity index (χ2n) is 7.83. The van der Waals surface area contributed by atoms with E-state index >= 15 is 0 Å². The minimum Gasteiger partial charge on any atom is -0.497 e. The van der Waals surface area contributed by atoms with Gasteiger partial charge in [0.1, 0.15) is 5.75 Å². The Morgan fingerprint density at radius 1 is 1.07 bits per heavy atom. The molecule has 7 heteroatoms. The van der Waals surface area contributed by atoms with Crippen LogP contribution in [0.3, 0.4) is 0 Å². The van der Waals surface area contributed by atoms with Gasteiger partial charge in [-0.3, -0.25) is 4.99 Å². The van der Waals surface area contributed by atoms with E-state index < -0.39 is 0 Å². The van der Waals surface area contributed by atoms with Gasteiger partial charge in [0, 0.05) is 40.0 Å². The molecule has 2 N–H and O–H groups in total. The van der Waals surface area contributed by atoms with E-state index in [1.54, 1.807) is 14.2 Å². The van der Waals surface area contributed by atoms with Crippen molar-refractivity contribution < 1.29 is 14.2 Å². The number of benzene rings is 1. The van der Waals surface area contributed by atoms with E-state index in [2.05, 4.69) is 17.6 Å². The van der Waals surface area contributed by atoms with Crippen molar-refractivity contribution in [3.05, 3.63) is 29.8 Å². The molecule has 0 radical (unpaired) electrons. The third-order valence-corrected chi connectivity index (χ3v) is 5.60. The van der Waals surface area contributed by atoms with Crippen molar-refractivity contribution in [2.24, 2.45) is 10.4 Å². The molecule has 172 valence electrons. The monoisotopic (exact) mass is 533 g/mol. The van der Waals surface area contributed by atoms with Crippen molar-refractivity contribution in [3.63, 3.8) is 0 Å². The molecule has 0 amide bonds. The first-order valence-electron chi connectivity index (χ1n) is 10.9. The van der Waals surface area contributed by atoms with Gasteiger partial charge in [0.15, 0.2) is 5.96 Å². The van der Waals surface area contributed by atoms with Crippen molar-refractivity contribution in [1.82, 2.24) is 10.6 Å². The fourth-order valence-electron chi connectivity index (χ4n) is 3.81. The molecule has 0 atom stereocenters. The van der Waals surface area contributed by atoms with Gasteiger partial charge in [-0.1, -0.05) is 25.0 Å². The summed E-state index contributed by atoms with van der Waals surface area (Å²) in [7, 11) is 3.46. The van der Waals surface area contributed by atoms with Gasteiger partial charge in [-0.05, 0) is 55.7 Å². The Hall–Kier alpha value is -1.06. The molecule has 6 nitrogen and oxygen atoms in total. The van der Waals surface area contributed by atoms with Gasteiger partial charge in [0.25, 0.3) is 0 Å². The molecule has 0 heterocycles. The summed E-state index contributed by atoms with van der Waals surface area (Å²) in [6, 6.07) is 8.00. The van der Waals surface area contributed by atoms with Crippen molar-refractivity contribution >= 4 is 29.9 Å². The fourth-order valence-corrected chi connectivity index (χ4v) is 3.81. The average Bonchev–Trinajstić information content (AvgIpc) is 3.22. The second-order valence-corrected chi connectivity index (χ2v) is 7.83. The molecule has 1 saturated carbocycles. The summed E-state index contributed by atoms with van der Waals surface area (Å²) in [5.41, 5.74) is 1.48. The highest BCUT2D eigenvalue weighted by atomic mass is 127. The molecule has 0 aromatic heterocycles. The first-order chi connectivity index (χ1) is 14.2. The number of nitrogens with zero attached hydrogens (tertiary/aromatic N) is 1. The highest BCUT2D eigenvalue weighted by Crippen LogP contribution is 2.41. The molecule has 1 aliphatic rings. The van der Waals surface area contributed by atoms with Crippen LogP contribution in [0.2, 0.25) is 0 Å². The molecule has 1 aromatic rings. The third kappa shape index (κ3) is 9.83. The van der Waals surface area contributed by atoms with Crippen LogP contribution < -0.4 is 15.4 Å². The predicted molar refractivity (Wildman–Crippen MR) is 134 cm³/mol. The van der Waals surface area contributed by atoms with Crippen LogP contribution in [-0.2, 0) is 16.1 Å². The van der Waals surface area contributed by atoms with E-state index in [1.165, 1.54) is 25.7 Å². The number of guanidine groups is 1. The van der Waals surface area contributed by atoms with Gasteiger partial charge >= 0.3 is 0 Å². The normalized spacial score (nSPS) is 15.5. The Balaban J connectivity index is 0.00000450. The van der Waals surface area contributed by atoms with E-state index in [0.717, 1.165) is 63.0 Å². The smallest absolute Gasteiger partial charge is 0.191 e. The largest absolute Gasteiger partial charge is 0.497 e. The number of aliphatic imine (C=N–C) groups is 1. The van der Waals surface area contributed by atoms with Crippen molar-refractivity contribution in [2.75, 3.05) is 47.1 Å². The van der Waals surface area contributed by atoms with Crippen LogP contribution in [0.25, 0.3) is 0 Å². The maximum Gasteiger partial charge on any atom is 0.191 e. The number of ether oxygens (including phenoxy) is 3. The molecule has 1 aromatic carbocycles. The highest BCUT2D eigenvalue weighted by molar-refractivity contribution is 14.0. The summed E-state index contributed by atoms with van der Waals surface area (Å²) >= 11 is 0. The molecule has 0 spiro atoms. The van der Waals surface area contributed by atoms with Gasteiger partial charge in [-0.25, -0.2) is 0 Å². The molecule has 0 aliphatic heterocycles. The van der Waals surface area contributed by atoms with Crippen LogP contribution in [0.15, 0.2) is 29.3 Å². The molecule has 2 rings (SSSR count). The summed E-state index contributed by atoms with van der Waals surface area (Å²) in [5, 5.41) is 6.81. The molecule has 30 heavy (non-hydrogen) atoms. The summed E-state index contributed by atoms with van der Waals surface area (Å²) in [5.74, 6) is 1.78. The molecule has 0 unspecified atom stereocenters. The standard InChI is InChI=1S/C23H39N3O3.HI/c1-4-24-22(26-19-23(14-17-27-2)12-5-6-13-23)25-15-7-16-29-18-20-8-10-21(28-3)11-9-20;/h8-11H,4-7,12-19H2,1-3H3,(H2,24,25,26);1H. The molecule has 1 aliphatic carbocycles. The van der Waals surface area contributed by atoms with Crippen molar-refractivity contribution in [1.29, 1.82) is 0 Å². The molecule has 0 bridgehead atoms. The summed E-state index contributed by atoms with van der Waals surface area (Å²) in [6.07, 6.45) is 7.20. The molecular formula is C23H40IN3O3. The van der Waals surface area contributed by atoms with E-state index in [9.17, 15) is 0 Å². The second kappa shape index (κ2) is 15.7. The van der Waals surface area contributed by atoms with Crippen LogP contribution in [0, 0.1) is 5.41 Å². The lowest BCUT2D eigenvalue weighted by Crippen LogP contribution is -2.39. The lowest BCUT2D eigenvalue weighted by molar-refractivity contribution is 0.119. The Kier molecular flexibility index (Phi) is 14.1. The van der Waals surface area contributed by atoms with Gasteiger partial charge < -0.3 is 24.8 Å². The zero-order valence-corrected chi connectivity index (χ0v) is 21.2. The topological polar surface area (TPSA) is 64.1 Å². The van der Waals surface area contributed by atoms with E-state index in [1.807, 2.05) is 24.3 Å². The Labute approximate surface area is 199 Å². The fraction of sp³-hybridized carbons (Fsp3) is 0.696. The number of halogens is 1. The minimum absolute atomic E-state index is 0. The van der Waals surface area contributed by atoms with Crippen molar-refractivity contribution in [3.8, 4) is 5.75 Å². The highest BCUT2D eigenvalue weighted by Gasteiger charge is 2.33. The van der Waals surface area contributed by atoms with E-state index in [0.29, 0.717) is 12.0 Å². The number of methoxy groups -OCH3 is 2. The lowest BCUT2D eigenvalue weighted by atomic mass is 9.83. The van der Waals surface area contributed by atoms with Gasteiger partial charge in [0.2, 0.25) is 0 Å². The zero-order chi connectivity index (χ0) is 20.8. The summed E-state index contributed by atoms with van der Waals surface area (Å²) < 4.78 is 16.3. The summed E-state index contributed by atoms with van der Waals surface area (Å²) in [4.78, 5) is 4.89. The maximum atomic E-state index is 5.78. The molecular weight excluding hydrogens is 493 g/mol. The van der Waals surface area contributed by atoms with Gasteiger partial charge in [0.05, 0.1) is 13.7 Å². The average molecular weight is 533 g/mol. The molecule has 1 fully saturated rings. The maximum absolute atomic E-state index is 5.78. The predicted octanol–water partition coefficient (Wildman–Crippen LogP) is 4.37. The van der Waals surface area contributed by atoms with Crippen molar-refractivity contribution in [2.45, 2.75) is 52.1 Å². The first kappa shape index (κ1) is 27.0. The van der Waals surface area contributed by atoms with E-state index in [-0.39, 0.29) is 24.0 Å². The number of hydrogen-bond acceptors (Lipinski definition) is 4. The van der Waals surface area contributed by atoms with Crippen LogP contribution in [0.4, 0.5) is 0 Å². The summed E-state index contributed by atoms with van der Waals surface area (Å²) in [6.45, 7) is 6.86. The minimum atomic E-state index is 0. The number of nitrogens with one attached hydrogen (secondary N) is 2. The Morgan fingerprint density at radius 3 is 2.43 bits per heavy atom. The molecule has 0 saturated heterocycles.